The molecule has 2 atom stereocenters. The maximum atomic E-state index is 6.01. The molecule has 0 bridgehead atoms. The van der Waals surface area contributed by atoms with Crippen molar-refractivity contribution in [2.24, 2.45) is 11.3 Å². The second-order valence-corrected chi connectivity index (χ2v) is 5.04. The van der Waals surface area contributed by atoms with Crippen LogP contribution in [0.15, 0.2) is 0 Å². The fraction of sp³-hybridized carbons (Fsp3) is 1.00. The normalized spacial score (nSPS) is 33.8. The van der Waals surface area contributed by atoms with Crippen LogP contribution in [0.4, 0.5) is 0 Å². The summed E-state index contributed by atoms with van der Waals surface area (Å²) in [6.07, 6.45) is 2.39. The molecule has 0 aromatic rings. The average Bonchev–Trinajstić information content (AvgIpc) is 1.86. The Bertz CT molecular complexity index is 128. The molecule has 66 valence electrons. The molecule has 0 radical (unpaired) electrons. The molecule has 11 heavy (non-hydrogen) atoms. The lowest BCUT2D eigenvalue weighted by Gasteiger charge is -2.36. The Morgan fingerprint density at radius 3 is 2.36 bits per heavy atom. The van der Waals surface area contributed by atoms with E-state index in [1.54, 1.807) is 0 Å². The molecule has 1 rings (SSSR count). The number of alkyl halides is 1. The zero-order chi connectivity index (χ0) is 8.48. The molecule has 0 aromatic heterocycles. The van der Waals surface area contributed by atoms with Gasteiger partial charge in [-0.15, -0.1) is 11.6 Å². The molecule has 0 spiro atoms. The molecule has 1 nitrogen and oxygen atoms in total. The molecule has 0 saturated carbocycles. The Morgan fingerprint density at radius 1 is 1.36 bits per heavy atom. The van der Waals surface area contributed by atoms with E-state index < -0.39 is 0 Å². The summed E-state index contributed by atoms with van der Waals surface area (Å²) in [4.78, 5) is 0. The van der Waals surface area contributed by atoms with E-state index in [0.717, 1.165) is 18.9 Å². The third kappa shape index (κ3) is 2.64. The van der Waals surface area contributed by atoms with Crippen molar-refractivity contribution in [2.45, 2.75) is 39.1 Å². The molecule has 1 fully saturated rings. The third-order valence-corrected chi connectivity index (χ3v) is 2.91. The van der Waals surface area contributed by atoms with Crippen molar-refractivity contribution in [3.05, 3.63) is 0 Å². The molecule has 1 aliphatic heterocycles. The van der Waals surface area contributed by atoms with Crippen LogP contribution in [0.2, 0.25) is 0 Å². The van der Waals surface area contributed by atoms with Crippen LogP contribution in [0.5, 0.6) is 0 Å². The SMILES string of the molecule is CC(C)(C)C1CCNC(Cl)C1. The monoisotopic (exact) mass is 175 g/mol. The molecule has 2 unspecified atom stereocenters. The molecular formula is C9H18ClN. The Hall–Kier alpha value is 0.250. The summed E-state index contributed by atoms with van der Waals surface area (Å²) in [7, 11) is 0. The van der Waals surface area contributed by atoms with Gasteiger partial charge in [0.1, 0.15) is 0 Å². The number of hydrogen-bond donors (Lipinski definition) is 1. The zero-order valence-electron chi connectivity index (χ0n) is 7.65. The van der Waals surface area contributed by atoms with Gasteiger partial charge in [0.2, 0.25) is 0 Å². The maximum absolute atomic E-state index is 6.01. The molecule has 1 N–H and O–H groups in total. The molecule has 1 saturated heterocycles. The smallest absolute Gasteiger partial charge is 0.0828 e. The lowest BCUT2D eigenvalue weighted by Crippen LogP contribution is -2.38. The lowest BCUT2D eigenvalue weighted by atomic mass is 9.75. The zero-order valence-corrected chi connectivity index (χ0v) is 8.41. The van der Waals surface area contributed by atoms with E-state index in [0.29, 0.717) is 5.41 Å². The van der Waals surface area contributed by atoms with E-state index in [1.165, 1.54) is 6.42 Å². The highest BCUT2D eigenvalue weighted by molar-refractivity contribution is 6.20. The Morgan fingerprint density at radius 2 is 2.00 bits per heavy atom. The van der Waals surface area contributed by atoms with Crippen molar-refractivity contribution in [2.75, 3.05) is 6.54 Å². The first-order chi connectivity index (χ1) is 5.00. The van der Waals surface area contributed by atoms with Crippen LogP contribution in [0.3, 0.4) is 0 Å². The number of rotatable bonds is 0. The first kappa shape index (κ1) is 9.34. The lowest BCUT2D eigenvalue weighted by molar-refractivity contribution is 0.180. The molecule has 1 heterocycles. The van der Waals surface area contributed by atoms with E-state index >= 15 is 0 Å². The van der Waals surface area contributed by atoms with Gasteiger partial charge in [-0.1, -0.05) is 20.8 Å². The molecular weight excluding hydrogens is 158 g/mol. The van der Waals surface area contributed by atoms with E-state index in [-0.39, 0.29) is 5.50 Å². The van der Waals surface area contributed by atoms with Crippen LogP contribution in [0.25, 0.3) is 0 Å². The summed E-state index contributed by atoms with van der Waals surface area (Å²) in [5.74, 6) is 0.784. The molecule has 0 amide bonds. The van der Waals surface area contributed by atoms with Gasteiger partial charge < -0.3 is 5.32 Å². The van der Waals surface area contributed by atoms with Gasteiger partial charge >= 0.3 is 0 Å². The van der Waals surface area contributed by atoms with E-state index in [4.69, 9.17) is 11.6 Å². The Labute approximate surface area is 74.5 Å². The Balaban J connectivity index is 2.46. The third-order valence-electron chi connectivity index (χ3n) is 2.57. The summed E-state index contributed by atoms with van der Waals surface area (Å²) in [6, 6.07) is 0. The second kappa shape index (κ2) is 3.32. The van der Waals surface area contributed by atoms with Gasteiger partial charge in [0.05, 0.1) is 5.50 Å². The standard InChI is InChI=1S/C9H18ClN/c1-9(2,3)7-4-5-11-8(10)6-7/h7-8,11H,4-6H2,1-3H3. The minimum atomic E-state index is 0.202. The topological polar surface area (TPSA) is 12.0 Å². The summed E-state index contributed by atoms with van der Waals surface area (Å²) in [5.41, 5.74) is 0.628. The minimum absolute atomic E-state index is 0.202. The fourth-order valence-corrected chi connectivity index (χ4v) is 1.98. The summed E-state index contributed by atoms with van der Waals surface area (Å²) in [5, 5.41) is 3.25. The van der Waals surface area contributed by atoms with Gasteiger partial charge in [0.15, 0.2) is 0 Å². The molecule has 0 aliphatic carbocycles. The number of piperidine rings is 1. The van der Waals surface area contributed by atoms with Crippen LogP contribution >= 0.6 is 11.6 Å². The van der Waals surface area contributed by atoms with Crippen molar-refractivity contribution in [1.29, 1.82) is 0 Å². The maximum Gasteiger partial charge on any atom is 0.0828 e. The predicted octanol–water partition coefficient (Wildman–Crippen LogP) is 2.60. The fourth-order valence-electron chi connectivity index (χ4n) is 1.65. The predicted molar refractivity (Wildman–Crippen MR) is 49.8 cm³/mol. The van der Waals surface area contributed by atoms with E-state index in [2.05, 4.69) is 26.1 Å². The van der Waals surface area contributed by atoms with Crippen molar-refractivity contribution in [3.63, 3.8) is 0 Å². The summed E-state index contributed by atoms with van der Waals surface area (Å²) < 4.78 is 0. The van der Waals surface area contributed by atoms with E-state index in [1.807, 2.05) is 0 Å². The van der Waals surface area contributed by atoms with Crippen molar-refractivity contribution < 1.29 is 0 Å². The minimum Gasteiger partial charge on any atom is -0.301 e. The highest BCUT2D eigenvalue weighted by atomic mass is 35.5. The summed E-state index contributed by atoms with van der Waals surface area (Å²) >= 11 is 6.01. The molecule has 0 aromatic carbocycles. The summed E-state index contributed by atoms with van der Waals surface area (Å²) in [6.45, 7) is 7.97. The Kier molecular flexibility index (Phi) is 2.82. The second-order valence-electron chi connectivity index (χ2n) is 4.51. The van der Waals surface area contributed by atoms with Crippen molar-refractivity contribution >= 4 is 11.6 Å². The van der Waals surface area contributed by atoms with Gasteiger partial charge in [-0.2, -0.15) is 0 Å². The highest BCUT2D eigenvalue weighted by Crippen LogP contribution is 2.34. The van der Waals surface area contributed by atoms with Crippen molar-refractivity contribution in [3.8, 4) is 0 Å². The number of hydrogen-bond acceptors (Lipinski definition) is 1. The molecule has 2 heteroatoms. The number of nitrogens with one attached hydrogen (secondary N) is 1. The van der Waals surface area contributed by atoms with Crippen LogP contribution in [0.1, 0.15) is 33.6 Å². The van der Waals surface area contributed by atoms with Gasteiger partial charge in [0, 0.05) is 0 Å². The average molecular weight is 176 g/mol. The largest absolute Gasteiger partial charge is 0.301 e. The first-order valence-electron chi connectivity index (χ1n) is 4.37. The van der Waals surface area contributed by atoms with Crippen LogP contribution in [0, 0.1) is 11.3 Å². The van der Waals surface area contributed by atoms with E-state index in [9.17, 15) is 0 Å². The quantitative estimate of drug-likeness (QED) is 0.441. The van der Waals surface area contributed by atoms with Crippen LogP contribution < -0.4 is 5.32 Å². The van der Waals surface area contributed by atoms with Gasteiger partial charge in [-0.25, -0.2) is 0 Å². The highest BCUT2D eigenvalue weighted by Gasteiger charge is 2.29. The van der Waals surface area contributed by atoms with Gasteiger partial charge in [-0.3, -0.25) is 0 Å². The number of halogens is 1. The van der Waals surface area contributed by atoms with Crippen LogP contribution in [-0.4, -0.2) is 12.0 Å². The van der Waals surface area contributed by atoms with Crippen LogP contribution in [-0.2, 0) is 0 Å². The van der Waals surface area contributed by atoms with Gasteiger partial charge in [0.25, 0.3) is 0 Å². The van der Waals surface area contributed by atoms with Gasteiger partial charge in [-0.05, 0) is 30.7 Å². The van der Waals surface area contributed by atoms with Crippen molar-refractivity contribution in [1.82, 2.24) is 5.32 Å². The molecule has 1 aliphatic rings. The first-order valence-corrected chi connectivity index (χ1v) is 4.81.